The molecule has 0 spiro atoms. The number of nitrogens with zero attached hydrogens (tertiary/aromatic N) is 2. The molecular formula is C14H22N2O5. The molecule has 0 bridgehead atoms. The van der Waals surface area contributed by atoms with Crippen molar-refractivity contribution >= 4 is 11.9 Å². The molecule has 0 aliphatic rings. The van der Waals surface area contributed by atoms with Crippen molar-refractivity contribution in [3.63, 3.8) is 0 Å². The van der Waals surface area contributed by atoms with Gasteiger partial charge >= 0.3 is 11.9 Å². The SMILES string of the molecule is CCCC(Cc1nonc1C)(C(=O)OCC)C(=O)OCC. The van der Waals surface area contributed by atoms with E-state index in [-0.39, 0.29) is 19.6 Å². The van der Waals surface area contributed by atoms with Crippen molar-refractivity contribution in [2.24, 2.45) is 5.41 Å². The number of hydrogen-bond donors (Lipinski definition) is 0. The highest BCUT2D eigenvalue weighted by Gasteiger charge is 2.49. The Hall–Kier alpha value is -1.92. The van der Waals surface area contributed by atoms with Crippen LogP contribution in [-0.2, 0) is 25.5 Å². The highest BCUT2D eigenvalue weighted by molar-refractivity contribution is 6.00. The van der Waals surface area contributed by atoms with E-state index in [4.69, 9.17) is 9.47 Å². The van der Waals surface area contributed by atoms with Crippen LogP contribution in [0.5, 0.6) is 0 Å². The third-order valence-electron chi connectivity index (χ3n) is 3.22. The van der Waals surface area contributed by atoms with E-state index < -0.39 is 17.4 Å². The number of hydrogen-bond acceptors (Lipinski definition) is 7. The molecule has 7 heteroatoms. The van der Waals surface area contributed by atoms with E-state index in [1.165, 1.54) is 0 Å². The van der Waals surface area contributed by atoms with Gasteiger partial charge in [-0.2, -0.15) is 0 Å². The van der Waals surface area contributed by atoms with Gasteiger partial charge < -0.3 is 9.47 Å². The minimum atomic E-state index is -1.40. The molecule has 21 heavy (non-hydrogen) atoms. The van der Waals surface area contributed by atoms with Gasteiger partial charge in [0.05, 0.1) is 13.2 Å². The number of aromatic nitrogens is 2. The molecule has 0 saturated heterocycles. The predicted molar refractivity (Wildman–Crippen MR) is 73.3 cm³/mol. The Morgan fingerprint density at radius 2 is 1.67 bits per heavy atom. The minimum Gasteiger partial charge on any atom is -0.465 e. The molecule has 0 fully saturated rings. The van der Waals surface area contributed by atoms with E-state index in [9.17, 15) is 9.59 Å². The molecule has 0 amide bonds. The number of aryl methyl sites for hydroxylation is 1. The van der Waals surface area contributed by atoms with Gasteiger partial charge in [-0.15, -0.1) is 0 Å². The fourth-order valence-corrected chi connectivity index (χ4v) is 2.18. The van der Waals surface area contributed by atoms with E-state index in [0.717, 1.165) is 0 Å². The molecule has 7 nitrogen and oxygen atoms in total. The number of ether oxygens (including phenoxy) is 2. The number of carbonyl (C=O) groups excluding carboxylic acids is 2. The quantitative estimate of drug-likeness (QED) is 0.534. The zero-order valence-electron chi connectivity index (χ0n) is 13.0. The number of rotatable bonds is 8. The van der Waals surface area contributed by atoms with Gasteiger partial charge in [-0.1, -0.05) is 23.7 Å². The van der Waals surface area contributed by atoms with E-state index in [0.29, 0.717) is 24.2 Å². The molecule has 118 valence electrons. The maximum absolute atomic E-state index is 12.4. The van der Waals surface area contributed by atoms with Gasteiger partial charge in [-0.25, -0.2) is 4.63 Å². The van der Waals surface area contributed by atoms with Crippen LogP contribution in [0.1, 0.15) is 45.0 Å². The van der Waals surface area contributed by atoms with Gasteiger partial charge in [0.2, 0.25) is 0 Å². The second-order valence-corrected chi connectivity index (χ2v) is 4.75. The first-order valence-corrected chi connectivity index (χ1v) is 7.14. The highest BCUT2D eigenvalue weighted by atomic mass is 16.6. The summed E-state index contributed by atoms with van der Waals surface area (Å²) in [7, 11) is 0. The minimum absolute atomic E-state index is 0.0633. The maximum Gasteiger partial charge on any atom is 0.323 e. The van der Waals surface area contributed by atoms with Crippen LogP contribution in [0.2, 0.25) is 0 Å². The average Bonchev–Trinajstić information content (AvgIpc) is 2.84. The molecule has 0 atom stereocenters. The van der Waals surface area contributed by atoms with E-state index in [1.807, 2.05) is 6.92 Å². The van der Waals surface area contributed by atoms with Crippen molar-refractivity contribution in [1.82, 2.24) is 10.3 Å². The summed E-state index contributed by atoms with van der Waals surface area (Å²) in [6.07, 6.45) is 1.01. The third kappa shape index (κ3) is 3.80. The molecule has 1 heterocycles. The Labute approximate surface area is 123 Å². The summed E-state index contributed by atoms with van der Waals surface area (Å²) in [4.78, 5) is 24.8. The lowest BCUT2D eigenvalue weighted by Gasteiger charge is -2.28. The first-order valence-electron chi connectivity index (χ1n) is 7.14. The molecule has 0 N–H and O–H groups in total. The van der Waals surface area contributed by atoms with Gasteiger partial charge in [0, 0.05) is 6.42 Å². The van der Waals surface area contributed by atoms with E-state index in [2.05, 4.69) is 14.9 Å². The lowest BCUT2D eigenvalue weighted by Crippen LogP contribution is -2.44. The molecule has 0 saturated carbocycles. The van der Waals surface area contributed by atoms with E-state index in [1.54, 1.807) is 20.8 Å². The van der Waals surface area contributed by atoms with Gasteiger partial charge in [0.25, 0.3) is 0 Å². The highest BCUT2D eigenvalue weighted by Crippen LogP contribution is 2.32. The van der Waals surface area contributed by atoms with Crippen LogP contribution in [0.3, 0.4) is 0 Å². The summed E-state index contributed by atoms with van der Waals surface area (Å²) in [6, 6.07) is 0. The first kappa shape index (κ1) is 17.1. The van der Waals surface area contributed by atoms with Gasteiger partial charge in [0.15, 0.2) is 5.41 Å². The monoisotopic (exact) mass is 298 g/mol. The van der Waals surface area contributed by atoms with Gasteiger partial charge in [-0.3, -0.25) is 9.59 Å². The van der Waals surface area contributed by atoms with Crippen molar-refractivity contribution < 1.29 is 23.7 Å². The summed E-state index contributed by atoms with van der Waals surface area (Å²) in [5.41, 5.74) is -0.391. The number of carbonyl (C=O) groups is 2. The summed E-state index contributed by atoms with van der Waals surface area (Å²) in [5.74, 6) is -1.18. The standard InChI is InChI=1S/C14H22N2O5/c1-5-8-14(12(17)19-6-2,13(18)20-7-3)9-11-10(4)15-21-16-11/h5-9H2,1-4H3. The molecule has 1 aromatic heterocycles. The Morgan fingerprint density at radius 3 is 2.05 bits per heavy atom. The average molecular weight is 298 g/mol. The molecule has 0 unspecified atom stereocenters. The Kier molecular flexibility index (Phi) is 6.33. The Morgan fingerprint density at radius 1 is 1.10 bits per heavy atom. The predicted octanol–water partition coefficient (Wildman–Crippen LogP) is 1.83. The summed E-state index contributed by atoms with van der Waals surface area (Å²) in [6.45, 7) is 7.38. The van der Waals surface area contributed by atoms with Crippen molar-refractivity contribution in [2.75, 3.05) is 13.2 Å². The van der Waals surface area contributed by atoms with Crippen LogP contribution in [0.15, 0.2) is 4.63 Å². The zero-order chi connectivity index (χ0) is 15.9. The molecule has 1 aromatic rings. The van der Waals surface area contributed by atoms with Crippen LogP contribution in [-0.4, -0.2) is 35.5 Å². The molecule has 0 aliphatic heterocycles. The van der Waals surface area contributed by atoms with Crippen molar-refractivity contribution in [3.05, 3.63) is 11.4 Å². The summed E-state index contributed by atoms with van der Waals surface area (Å²) >= 11 is 0. The van der Waals surface area contributed by atoms with Crippen molar-refractivity contribution in [2.45, 2.75) is 47.0 Å². The van der Waals surface area contributed by atoms with Gasteiger partial charge in [0.1, 0.15) is 11.4 Å². The molecule has 0 aliphatic carbocycles. The lowest BCUT2D eigenvalue weighted by molar-refractivity contribution is -0.172. The molecule has 0 radical (unpaired) electrons. The Balaban J connectivity index is 3.19. The van der Waals surface area contributed by atoms with E-state index >= 15 is 0 Å². The Bertz CT molecular complexity index is 465. The maximum atomic E-state index is 12.4. The van der Waals surface area contributed by atoms with Crippen molar-refractivity contribution in [1.29, 1.82) is 0 Å². The molecule has 0 aromatic carbocycles. The molecule has 1 rings (SSSR count). The second-order valence-electron chi connectivity index (χ2n) is 4.75. The number of esters is 2. The second kappa shape index (κ2) is 7.75. The lowest BCUT2D eigenvalue weighted by atomic mass is 9.78. The topological polar surface area (TPSA) is 91.5 Å². The van der Waals surface area contributed by atoms with Crippen molar-refractivity contribution in [3.8, 4) is 0 Å². The fraction of sp³-hybridized carbons (Fsp3) is 0.714. The van der Waals surface area contributed by atoms with Crippen LogP contribution in [0, 0.1) is 12.3 Å². The zero-order valence-corrected chi connectivity index (χ0v) is 13.0. The van der Waals surface area contributed by atoms with Crippen LogP contribution in [0.4, 0.5) is 0 Å². The summed E-state index contributed by atoms with van der Waals surface area (Å²) in [5, 5.41) is 7.45. The van der Waals surface area contributed by atoms with Crippen LogP contribution < -0.4 is 0 Å². The fourth-order valence-electron chi connectivity index (χ4n) is 2.18. The van der Waals surface area contributed by atoms with Gasteiger partial charge in [-0.05, 0) is 27.2 Å². The summed E-state index contributed by atoms with van der Waals surface area (Å²) < 4.78 is 14.8. The van der Waals surface area contributed by atoms with Crippen LogP contribution >= 0.6 is 0 Å². The third-order valence-corrected chi connectivity index (χ3v) is 3.22. The molecular weight excluding hydrogens is 276 g/mol. The first-order chi connectivity index (χ1) is 10.0. The van der Waals surface area contributed by atoms with Crippen LogP contribution in [0.25, 0.3) is 0 Å². The smallest absolute Gasteiger partial charge is 0.323 e. The normalized spacial score (nSPS) is 11.2. The largest absolute Gasteiger partial charge is 0.465 e.